The number of hydrogen-bond donors (Lipinski definition) is 1. The third kappa shape index (κ3) is 4.55. The minimum absolute atomic E-state index is 0.0105. The lowest BCUT2D eigenvalue weighted by molar-refractivity contribution is -0.385. The maximum atomic E-state index is 10.8. The van der Waals surface area contributed by atoms with Crippen LogP contribution in [0.25, 0.3) is 0 Å². The van der Waals surface area contributed by atoms with E-state index in [2.05, 4.69) is 0 Å². The molecule has 0 fully saturated rings. The standard InChI is InChI=1S/C12H16N2O5/c1-13(2)6-3-7-19-11-8-9(12(15)16)4-5-10(11)14(17)18/h4-5,8H,3,6-7H2,1-2H3,(H,15,16). The predicted molar refractivity (Wildman–Crippen MR) is 68.7 cm³/mol. The summed E-state index contributed by atoms with van der Waals surface area (Å²) < 4.78 is 5.31. The SMILES string of the molecule is CN(C)CCCOc1cc(C(=O)O)ccc1[N+](=O)[O-]. The van der Waals surface area contributed by atoms with Gasteiger partial charge in [0.1, 0.15) is 0 Å². The number of carboxylic acids is 1. The zero-order valence-electron chi connectivity index (χ0n) is 10.8. The van der Waals surface area contributed by atoms with Crippen LogP contribution in [0.15, 0.2) is 18.2 Å². The van der Waals surface area contributed by atoms with Gasteiger partial charge in [-0.05, 0) is 26.6 Å². The molecule has 0 atom stereocenters. The first-order valence-electron chi connectivity index (χ1n) is 5.71. The molecule has 0 heterocycles. The van der Waals surface area contributed by atoms with Gasteiger partial charge in [-0.25, -0.2) is 4.79 Å². The minimum atomic E-state index is -1.15. The molecular formula is C12H16N2O5. The zero-order valence-corrected chi connectivity index (χ0v) is 10.8. The van der Waals surface area contributed by atoms with E-state index in [-0.39, 0.29) is 17.0 Å². The molecule has 0 radical (unpaired) electrons. The average molecular weight is 268 g/mol. The second kappa shape index (κ2) is 6.69. The topological polar surface area (TPSA) is 92.9 Å². The molecule has 1 aromatic rings. The molecule has 0 saturated carbocycles. The first-order chi connectivity index (χ1) is 8.91. The Hall–Kier alpha value is -2.15. The molecule has 0 aliphatic rings. The molecule has 0 amide bonds. The molecule has 7 nitrogen and oxygen atoms in total. The van der Waals surface area contributed by atoms with E-state index in [9.17, 15) is 14.9 Å². The van der Waals surface area contributed by atoms with E-state index in [1.54, 1.807) is 0 Å². The van der Waals surface area contributed by atoms with Gasteiger partial charge in [-0.2, -0.15) is 0 Å². The minimum Gasteiger partial charge on any atom is -0.487 e. The van der Waals surface area contributed by atoms with Gasteiger partial charge in [0.25, 0.3) is 0 Å². The van der Waals surface area contributed by atoms with Crippen LogP contribution >= 0.6 is 0 Å². The Morgan fingerprint density at radius 3 is 2.68 bits per heavy atom. The van der Waals surface area contributed by atoms with Crippen molar-refractivity contribution in [3.05, 3.63) is 33.9 Å². The molecule has 0 spiro atoms. The Bertz CT molecular complexity index is 473. The van der Waals surface area contributed by atoms with Gasteiger partial charge in [0.2, 0.25) is 0 Å². The first-order valence-corrected chi connectivity index (χ1v) is 5.71. The number of nitro groups is 1. The van der Waals surface area contributed by atoms with Crippen LogP contribution in [0.3, 0.4) is 0 Å². The molecule has 0 saturated heterocycles. The molecule has 0 aromatic heterocycles. The summed E-state index contributed by atoms with van der Waals surface area (Å²) >= 11 is 0. The molecule has 19 heavy (non-hydrogen) atoms. The number of rotatable bonds is 7. The second-order valence-electron chi connectivity index (χ2n) is 4.25. The van der Waals surface area contributed by atoms with Gasteiger partial charge >= 0.3 is 11.7 Å². The van der Waals surface area contributed by atoms with Gasteiger partial charge in [-0.15, -0.1) is 0 Å². The fraction of sp³-hybridized carbons (Fsp3) is 0.417. The molecule has 0 bridgehead atoms. The van der Waals surface area contributed by atoms with Crippen molar-refractivity contribution in [1.82, 2.24) is 4.90 Å². The van der Waals surface area contributed by atoms with Crippen LogP contribution in [0.4, 0.5) is 5.69 Å². The molecule has 1 aromatic carbocycles. The van der Waals surface area contributed by atoms with Crippen LogP contribution in [-0.4, -0.2) is 48.1 Å². The largest absolute Gasteiger partial charge is 0.487 e. The van der Waals surface area contributed by atoms with E-state index in [4.69, 9.17) is 9.84 Å². The number of hydrogen-bond acceptors (Lipinski definition) is 5. The summed E-state index contributed by atoms with van der Waals surface area (Å²) in [7, 11) is 3.82. The van der Waals surface area contributed by atoms with Crippen molar-refractivity contribution in [3.63, 3.8) is 0 Å². The van der Waals surface area contributed by atoms with Crippen LogP contribution < -0.4 is 4.74 Å². The molecular weight excluding hydrogens is 252 g/mol. The van der Waals surface area contributed by atoms with Gasteiger partial charge < -0.3 is 14.7 Å². The highest BCUT2D eigenvalue weighted by Crippen LogP contribution is 2.28. The second-order valence-corrected chi connectivity index (χ2v) is 4.25. The lowest BCUT2D eigenvalue weighted by Gasteiger charge is -2.10. The quantitative estimate of drug-likeness (QED) is 0.459. The number of carbonyl (C=O) groups is 1. The summed E-state index contributed by atoms with van der Waals surface area (Å²) in [5.74, 6) is -1.16. The third-order valence-electron chi connectivity index (χ3n) is 2.41. The fourth-order valence-electron chi connectivity index (χ4n) is 1.48. The van der Waals surface area contributed by atoms with E-state index < -0.39 is 10.9 Å². The lowest BCUT2D eigenvalue weighted by atomic mass is 10.2. The molecule has 104 valence electrons. The summed E-state index contributed by atoms with van der Waals surface area (Å²) in [4.78, 5) is 23.0. The Morgan fingerprint density at radius 2 is 2.16 bits per heavy atom. The monoisotopic (exact) mass is 268 g/mol. The van der Waals surface area contributed by atoms with Crippen LogP contribution in [0, 0.1) is 10.1 Å². The highest BCUT2D eigenvalue weighted by Gasteiger charge is 2.17. The normalized spacial score (nSPS) is 10.5. The van der Waals surface area contributed by atoms with Crippen LogP contribution in [0.1, 0.15) is 16.8 Å². The van der Waals surface area contributed by atoms with E-state index in [0.29, 0.717) is 13.0 Å². The van der Waals surface area contributed by atoms with Crippen molar-refractivity contribution >= 4 is 11.7 Å². The Labute approximate surface area is 110 Å². The molecule has 1 rings (SSSR count). The average Bonchev–Trinajstić information content (AvgIpc) is 2.33. The van der Waals surface area contributed by atoms with E-state index >= 15 is 0 Å². The van der Waals surface area contributed by atoms with Crippen LogP contribution in [0.5, 0.6) is 5.75 Å². The fourth-order valence-corrected chi connectivity index (χ4v) is 1.48. The Kier molecular flexibility index (Phi) is 5.25. The molecule has 0 aliphatic carbocycles. The number of ether oxygens (including phenoxy) is 1. The van der Waals surface area contributed by atoms with Crippen molar-refractivity contribution in [1.29, 1.82) is 0 Å². The highest BCUT2D eigenvalue weighted by atomic mass is 16.6. The number of benzene rings is 1. The van der Waals surface area contributed by atoms with Crippen molar-refractivity contribution in [2.45, 2.75) is 6.42 Å². The smallest absolute Gasteiger partial charge is 0.335 e. The third-order valence-corrected chi connectivity index (χ3v) is 2.41. The van der Waals surface area contributed by atoms with Crippen molar-refractivity contribution < 1.29 is 19.6 Å². The first kappa shape index (κ1) is 14.9. The highest BCUT2D eigenvalue weighted by molar-refractivity contribution is 5.88. The van der Waals surface area contributed by atoms with Gasteiger partial charge in [0.15, 0.2) is 5.75 Å². The lowest BCUT2D eigenvalue weighted by Crippen LogP contribution is -2.15. The summed E-state index contributed by atoms with van der Waals surface area (Å²) in [6.45, 7) is 1.08. The summed E-state index contributed by atoms with van der Waals surface area (Å²) in [6, 6.07) is 3.51. The van der Waals surface area contributed by atoms with E-state index in [1.807, 2.05) is 19.0 Å². The van der Waals surface area contributed by atoms with Crippen molar-refractivity contribution in [2.75, 3.05) is 27.2 Å². The van der Waals surface area contributed by atoms with Crippen LogP contribution in [-0.2, 0) is 0 Å². The molecule has 0 unspecified atom stereocenters. The number of nitrogens with zero attached hydrogens (tertiary/aromatic N) is 2. The number of nitro benzene ring substituents is 1. The van der Waals surface area contributed by atoms with Gasteiger partial charge in [0.05, 0.1) is 17.1 Å². The van der Waals surface area contributed by atoms with Gasteiger partial charge in [-0.3, -0.25) is 10.1 Å². The Morgan fingerprint density at radius 1 is 1.47 bits per heavy atom. The maximum Gasteiger partial charge on any atom is 0.335 e. The maximum absolute atomic E-state index is 10.8. The molecule has 1 N–H and O–H groups in total. The zero-order chi connectivity index (χ0) is 14.4. The van der Waals surface area contributed by atoms with Crippen molar-refractivity contribution in [3.8, 4) is 5.75 Å². The molecule has 7 heteroatoms. The van der Waals surface area contributed by atoms with Crippen molar-refractivity contribution in [2.24, 2.45) is 0 Å². The molecule has 0 aliphatic heterocycles. The summed E-state index contributed by atoms with van der Waals surface area (Å²) in [5.41, 5.74) is -0.261. The van der Waals surface area contributed by atoms with E-state index in [1.165, 1.54) is 12.1 Å². The number of aromatic carboxylic acids is 1. The Balaban J connectivity index is 2.80. The van der Waals surface area contributed by atoms with Gasteiger partial charge in [-0.1, -0.05) is 0 Å². The summed E-state index contributed by atoms with van der Waals surface area (Å²) in [5, 5.41) is 19.7. The number of carboxylic acid groups (broad SMARTS) is 1. The van der Waals surface area contributed by atoms with E-state index in [0.717, 1.165) is 12.6 Å². The predicted octanol–water partition coefficient (Wildman–Crippen LogP) is 1.62. The summed E-state index contributed by atoms with van der Waals surface area (Å²) in [6.07, 6.45) is 0.696. The van der Waals surface area contributed by atoms with Crippen LogP contribution in [0.2, 0.25) is 0 Å². The van der Waals surface area contributed by atoms with Gasteiger partial charge in [0, 0.05) is 18.7 Å².